The second-order valence-electron chi connectivity index (χ2n) is 5.22. The number of nitrogens with one attached hydrogen (secondary N) is 2. The highest BCUT2D eigenvalue weighted by Crippen LogP contribution is 2.33. The molecule has 0 spiro atoms. The molecule has 106 valence electrons. The number of aryl methyl sites for hydroxylation is 1. The van der Waals surface area contributed by atoms with Crippen molar-refractivity contribution in [2.45, 2.75) is 51.1 Å². The van der Waals surface area contributed by atoms with Gasteiger partial charge in [0, 0.05) is 6.04 Å². The molecule has 0 radical (unpaired) electrons. The lowest BCUT2D eigenvalue weighted by atomic mass is 9.85. The number of carbonyl (C=O) groups is 1. The first kappa shape index (κ1) is 14.7. The van der Waals surface area contributed by atoms with Gasteiger partial charge in [-0.05, 0) is 32.1 Å². The highest BCUT2D eigenvalue weighted by Gasteiger charge is 2.38. The lowest BCUT2D eigenvalue weighted by Gasteiger charge is -2.24. The van der Waals surface area contributed by atoms with Crippen molar-refractivity contribution in [3.05, 3.63) is 5.01 Å². The highest BCUT2D eigenvalue weighted by atomic mass is 35.5. The normalized spacial score (nSPS) is 29.4. The summed E-state index contributed by atoms with van der Waals surface area (Å²) in [7, 11) is 0. The molecule has 1 aromatic heterocycles. The van der Waals surface area contributed by atoms with Gasteiger partial charge in [0.15, 0.2) is 0 Å². The minimum Gasteiger partial charge on any atom is -0.303 e. The van der Waals surface area contributed by atoms with E-state index in [4.69, 9.17) is 0 Å². The Morgan fingerprint density at radius 3 is 2.84 bits per heavy atom. The van der Waals surface area contributed by atoms with Crippen LogP contribution in [0.4, 0.5) is 5.13 Å². The number of aromatic nitrogens is 2. The number of fused-ring (bicyclic) bond motifs is 1. The summed E-state index contributed by atoms with van der Waals surface area (Å²) in [5.74, 6) is 0.728. The van der Waals surface area contributed by atoms with Crippen LogP contribution in [0, 0.1) is 12.8 Å². The zero-order valence-electron chi connectivity index (χ0n) is 10.9. The van der Waals surface area contributed by atoms with E-state index in [9.17, 15) is 4.79 Å². The van der Waals surface area contributed by atoms with Crippen molar-refractivity contribution in [3.63, 3.8) is 0 Å². The summed E-state index contributed by atoms with van der Waals surface area (Å²) in [6, 6.07) is 0.493. The van der Waals surface area contributed by atoms with Crippen molar-refractivity contribution in [1.82, 2.24) is 15.5 Å². The minimum atomic E-state index is -0.0534. The summed E-state index contributed by atoms with van der Waals surface area (Å²) in [4.78, 5) is 12.1. The third kappa shape index (κ3) is 3.24. The Morgan fingerprint density at radius 1 is 1.37 bits per heavy atom. The van der Waals surface area contributed by atoms with E-state index in [1.807, 2.05) is 6.92 Å². The third-order valence-electron chi connectivity index (χ3n) is 3.94. The van der Waals surface area contributed by atoms with E-state index in [-0.39, 0.29) is 24.4 Å². The fraction of sp³-hybridized carbons (Fsp3) is 0.750. The second-order valence-corrected chi connectivity index (χ2v) is 6.40. The third-order valence-corrected chi connectivity index (χ3v) is 4.69. The Labute approximate surface area is 123 Å². The standard InChI is InChI=1S/C12H18N4OS.ClH/c1-7-15-16-12(18-7)14-11(17)10-6-8-4-2-3-5-9(8)13-10;/h8-10,13H,2-6H2,1H3,(H,14,16,17);1H. The minimum absolute atomic E-state index is 0. The molecule has 0 bridgehead atoms. The largest absolute Gasteiger partial charge is 0.303 e. The second kappa shape index (κ2) is 6.15. The van der Waals surface area contributed by atoms with Crippen LogP contribution in [-0.4, -0.2) is 28.2 Å². The average molecular weight is 303 g/mol. The van der Waals surface area contributed by atoms with E-state index in [2.05, 4.69) is 20.8 Å². The Morgan fingerprint density at radius 2 is 2.16 bits per heavy atom. The molecule has 1 saturated heterocycles. The van der Waals surface area contributed by atoms with Crippen LogP contribution in [-0.2, 0) is 4.79 Å². The maximum Gasteiger partial charge on any atom is 0.243 e. The van der Waals surface area contributed by atoms with Crippen LogP contribution in [0.3, 0.4) is 0 Å². The first-order valence-electron chi connectivity index (χ1n) is 6.59. The van der Waals surface area contributed by atoms with Crippen molar-refractivity contribution in [2.75, 3.05) is 5.32 Å². The molecular weight excluding hydrogens is 284 g/mol. The Kier molecular flexibility index (Phi) is 4.76. The molecule has 7 heteroatoms. The molecule has 19 heavy (non-hydrogen) atoms. The summed E-state index contributed by atoms with van der Waals surface area (Å²) in [5, 5.41) is 15.6. The predicted octanol–water partition coefficient (Wildman–Crippen LogP) is 2.13. The van der Waals surface area contributed by atoms with Gasteiger partial charge in [-0.15, -0.1) is 22.6 Å². The number of hydrogen-bond donors (Lipinski definition) is 2. The first-order valence-corrected chi connectivity index (χ1v) is 7.41. The van der Waals surface area contributed by atoms with Crippen molar-refractivity contribution in [1.29, 1.82) is 0 Å². The highest BCUT2D eigenvalue weighted by molar-refractivity contribution is 7.15. The number of rotatable bonds is 2. The average Bonchev–Trinajstić information content (AvgIpc) is 2.95. The maximum absolute atomic E-state index is 12.1. The van der Waals surface area contributed by atoms with Crippen LogP contribution >= 0.6 is 23.7 Å². The van der Waals surface area contributed by atoms with Gasteiger partial charge in [0.05, 0.1) is 6.04 Å². The molecule has 2 N–H and O–H groups in total. The van der Waals surface area contributed by atoms with E-state index >= 15 is 0 Å². The number of nitrogens with zero attached hydrogens (tertiary/aromatic N) is 2. The maximum atomic E-state index is 12.1. The molecule has 5 nitrogen and oxygen atoms in total. The Bertz CT molecular complexity index is 439. The van der Waals surface area contributed by atoms with Crippen molar-refractivity contribution >= 4 is 34.8 Å². The van der Waals surface area contributed by atoms with Gasteiger partial charge in [-0.3, -0.25) is 10.1 Å². The molecule has 1 amide bonds. The van der Waals surface area contributed by atoms with Crippen LogP contribution in [0.2, 0.25) is 0 Å². The van der Waals surface area contributed by atoms with Gasteiger partial charge in [0.1, 0.15) is 5.01 Å². The Hall–Kier alpha value is -0.720. The molecule has 2 aliphatic rings. The van der Waals surface area contributed by atoms with Gasteiger partial charge in [0.2, 0.25) is 11.0 Å². The molecular formula is C12H19ClN4OS. The van der Waals surface area contributed by atoms with Crippen LogP contribution in [0.25, 0.3) is 0 Å². The topological polar surface area (TPSA) is 66.9 Å². The summed E-state index contributed by atoms with van der Waals surface area (Å²) in [6.07, 6.45) is 6.05. The van der Waals surface area contributed by atoms with Crippen molar-refractivity contribution in [3.8, 4) is 0 Å². The monoisotopic (exact) mass is 302 g/mol. The van der Waals surface area contributed by atoms with Crippen LogP contribution in [0.15, 0.2) is 0 Å². The van der Waals surface area contributed by atoms with E-state index in [1.165, 1.54) is 37.0 Å². The van der Waals surface area contributed by atoms with Gasteiger partial charge < -0.3 is 5.32 Å². The zero-order valence-corrected chi connectivity index (χ0v) is 12.5. The van der Waals surface area contributed by atoms with Gasteiger partial charge in [0.25, 0.3) is 0 Å². The van der Waals surface area contributed by atoms with Crippen LogP contribution in [0.5, 0.6) is 0 Å². The van der Waals surface area contributed by atoms with Crippen LogP contribution < -0.4 is 10.6 Å². The molecule has 1 aliphatic heterocycles. The van der Waals surface area contributed by atoms with Crippen LogP contribution in [0.1, 0.15) is 37.1 Å². The molecule has 2 heterocycles. The number of anilines is 1. The molecule has 1 saturated carbocycles. The van der Waals surface area contributed by atoms with E-state index in [0.29, 0.717) is 17.1 Å². The van der Waals surface area contributed by atoms with E-state index in [1.54, 1.807) is 0 Å². The van der Waals surface area contributed by atoms with E-state index < -0.39 is 0 Å². The number of halogens is 1. The van der Waals surface area contributed by atoms with Gasteiger partial charge in [-0.1, -0.05) is 24.2 Å². The molecule has 3 unspecified atom stereocenters. The van der Waals surface area contributed by atoms with Crippen molar-refractivity contribution in [2.24, 2.45) is 5.92 Å². The fourth-order valence-corrected chi connectivity index (χ4v) is 3.66. The fourth-order valence-electron chi connectivity index (χ4n) is 3.06. The number of carbonyl (C=O) groups excluding carboxylic acids is 1. The van der Waals surface area contributed by atoms with E-state index in [0.717, 1.165) is 11.4 Å². The lowest BCUT2D eigenvalue weighted by molar-refractivity contribution is -0.117. The lowest BCUT2D eigenvalue weighted by Crippen LogP contribution is -2.39. The van der Waals surface area contributed by atoms with Crippen molar-refractivity contribution < 1.29 is 4.79 Å². The quantitative estimate of drug-likeness (QED) is 0.878. The first-order chi connectivity index (χ1) is 8.72. The SMILES string of the molecule is Cc1nnc(NC(=O)C2CC3CCCCC3N2)s1.Cl. The van der Waals surface area contributed by atoms with Gasteiger partial charge >= 0.3 is 0 Å². The smallest absolute Gasteiger partial charge is 0.243 e. The molecule has 1 aromatic rings. The summed E-state index contributed by atoms with van der Waals surface area (Å²) in [6.45, 7) is 1.88. The Balaban J connectivity index is 0.00000133. The molecule has 2 fully saturated rings. The molecule has 0 aromatic carbocycles. The summed E-state index contributed by atoms with van der Waals surface area (Å²) < 4.78 is 0. The summed E-state index contributed by atoms with van der Waals surface area (Å²) >= 11 is 1.42. The molecule has 1 aliphatic carbocycles. The number of amides is 1. The van der Waals surface area contributed by atoms with Gasteiger partial charge in [-0.2, -0.15) is 0 Å². The zero-order chi connectivity index (χ0) is 12.5. The number of hydrogen-bond acceptors (Lipinski definition) is 5. The molecule has 3 rings (SSSR count). The summed E-state index contributed by atoms with van der Waals surface area (Å²) in [5.41, 5.74) is 0. The molecule has 3 atom stereocenters. The van der Waals surface area contributed by atoms with Gasteiger partial charge in [-0.25, -0.2) is 0 Å². The predicted molar refractivity (Wildman–Crippen MR) is 77.8 cm³/mol.